The maximum Gasteiger partial charge on any atom is 0.253 e. The monoisotopic (exact) mass is 343 g/mol. The molecule has 0 atom stereocenters. The Bertz CT molecular complexity index is 570. The molecule has 5 heteroatoms. The zero-order valence-electron chi connectivity index (χ0n) is 15.0. The highest BCUT2D eigenvalue weighted by atomic mass is 16.2. The van der Waals surface area contributed by atoms with Gasteiger partial charge in [0.15, 0.2) is 0 Å². The maximum absolute atomic E-state index is 12.6. The first-order chi connectivity index (χ1) is 12.2. The van der Waals surface area contributed by atoms with E-state index in [1.54, 1.807) is 0 Å². The number of nitrogens with one attached hydrogen (secondary N) is 1. The molecule has 25 heavy (non-hydrogen) atoms. The molecule has 0 aromatic heterocycles. The van der Waals surface area contributed by atoms with Gasteiger partial charge in [0, 0.05) is 38.2 Å². The van der Waals surface area contributed by atoms with E-state index in [1.807, 2.05) is 40.1 Å². The molecule has 2 aliphatic rings. The van der Waals surface area contributed by atoms with Crippen molar-refractivity contribution in [3.8, 4) is 0 Å². The molecule has 1 aromatic carbocycles. The highest BCUT2D eigenvalue weighted by molar-refractivity contribution is 5.94. The molecule has 0 unspecified atom stereocenters. The second kappa shape index (κ2) is 8.99. The summed E-state index contributed by atoms with van der Waals surface area (Å²) >= 11 is 0. The number of nitrogens with zero attached hydrogens (tertiary/aromatic N) is 2. The van der Waals surface area contributed by atoms with Crippen LogP contribution in [0.4, 0.5) is 0 Å². The third kappa shape index (κ3) is 5.05. The third-order valence-electron chi connectivity index (χ3n) is 5.38. The van der Waals surface area contributed by atoms with Gasteiger partial charge in [-0.15, -0.1) is 0 Å². The van der Waals surface area contributed by atoms with Gasteiger partial charge in [-0.2, -0.15) is 0 Å². The van der Waals surface area contributed by atoms with Crippen molar-refractivity contribution < 1.29 is 9.59 Å². The smallest absolute Gasteiger partial charge is 0.253 e. The molecule has 5 nitrogen and oxygen atoms in total. The molecular formula is C20H29N3O2. The van der Waals surface area contributed by atoms with Crippen molar-refractivity contribution in [2.45, 2.75) is 32.1 Å². The average molecular weight is 343 g/mol. The van der Waals surface area contributed by atoms with Gasteiger partial charge in [-0.1, -0.05) is 18.2 Å². The Kier molecular flexibility index (Phi) is 6.45. The molecule has 0 aliphatic carbocycles. The van der Waals surface area contributed by atoms with Crippen LogP contribution in [0.15, 0.2) is 30.3 Å². The van der Waals surface area contributed by atoms with E-state index in [1.165, 1.54) is 12.8 Å². The van der Waals surface area contributed by atoms with Gasteiger partial charge in [0.1, 0.15) is 0 Å². The molecular weight excluding hydrogens is 314 g/mol. The molecule has 0 saturated carbocycles. The standard InChI is InChI=1S/C20H29N3O2/c24-19(8-7-17-9-11-21-12-10-17)22-13-4-14-23(16-15-22)20(25)18-5-2-1-3-6-18/h1-3,5-6,17,21H,4,7-16H2. The predicted octanol–water partition coefficient (Wildman–Crippen LogP) is 2.14. The Morgan fingerprint density at radius 2 is 1.64 bits per heavy atom. The van der Waals surface area contributed by atoms with Crippen LogP contribution < -0.4 is 5.32 Å². The van der Waals surface area contributed by atoms with E-state index in [4.69, 9.17) is 0 Å². The summed E-state index contributed by atoms with van der Waals surface area (Å²) < 4.78 is 0. The van der Waals surface area contributed by atoms with Crippen molar-refractivity contribution in [2.24, 2.45) is 5.92 Å². The molecule has 2 aliphatic heterocycles. The summed E-state index contributed by atoms with van der Waals surface area (Å²) in [5.41, 5.74) is 0.730. The van der Waals surface area contributed by atoms with Gasteiger partial charge in [0.25, 0.3) is 5.91 Å². The molecule has 0 spiro atoms. The molecule has 3 rings (SSSR count). The Balaban J connectivity index is 1.47. The lowest BCUT2D eigenvalue weighted by Gasteiger charge is -2.25. The van der Waals surface area contributed by atoms with E-state index >= 15 is 0 Å². The van der Waals surface area contributed by atoms with Crippen molar-refractivity contribution in [3.63, 3.8) is 0 Å². The van der Waals surface area contributed by atoms with Gasteiger partial charge in [0.05, 0.1) is 0 Å². The van der Waals surface area contributed by atoms with E-state index in [0.717, 1.165) is 44.6 Å². The number of rotatable bonds is 4. The first-order valence-corrected chi connectivity index (χ1v) is 9.57. The summed E-state index contributed by atoms with van der Waals surface area (Å²) in [4.78, 5) is 29.0. The summed E-state index contributed by atoms with van der Waals surface area (Å²) in [6.07, 6.45) is 4.89. The van der Waals surface area contributed by atoms with Crippen molar-refractivity contribution in [1.29, 1.82) is 0 Å². The van der Waals surface area contributed by atoms with Crippen LogP contribution in [0, 0.1) is 5.92 Å². The molecule has 0 bridgehead atoms. The van der Waals surface area contributed by atoms with Gasteiger partial charge in [-0.05, 0) is 56.8 Å². The number of carbonyl (C=O) groups is 2. The predicted molar refractivity (Wildman–Crippen MR) is 98.4 cm³/mol. The second-order valence-corrected chi connectivity index (χ2v) is 7.12. The minimum Gasteiger partial charge on any atom is -0.341 e. The van der Waals surface area contributed by atoms with Gasteiger partial charge >= 0.3 is 0 Å². The molecule has 136 valence electrons. The van der Waals surface area contributed by atoms with E-state index in [2.05, 4.69) is 5.32 Å². The number of hydrogen-bond donors (Lipinski definition) is 1. The first-order valence-electron chi connectivity index (χ1n) is 9.57. The van der Waals surface area contributed by atoms with Crippen LogP contribution in [0.1, 0.15) is 42.5 Å². The molecule has 1 aromatic rings. The lowest BCUT2D eigenvalue weighted by atomic mass is 9.93. The summed E-state index contributed by atoms with van der Waals surface area (Å²) in [5.74, 6) is 1.02. The summed E-state index contributed by atoms with van der Waals surface area (Å²) in [5, 5.41) is 3.37. The fourth-order valence-electron chi connectivity index (χ4n) is 3.79. The lowest BCUT2D eigenvalue weighted by Crippen LogP contribution is -2.37. The zero-order valence-corrected chi connectivity index (χ0v) is 15.0. The average Bonchev–Trinajstić information content (AvgIpc) is 2.93. The van der Waals surface area contributed by atoms with E-state index in [0.29, 0.717) is 25.4 Å². The molecule has 1 N–H and O–H groups in total. The number of hydrogen-bond acceptors (Lipinski definition) is 3. The largest absolute Gasteiger partial charge is 0.341 e. The summed E-state index contributed by atoms with van der Waals surface area (Å²) in [6, 6.07) is 9.41. The van der Waals surface area contributed by atoms with Crippen LogP contribution in [-0.2, 0) is 4.79 Å². The van der Waals surface area contributed by atoms with Gasteiger partial charge in [-0.3, -0.25) is 9.59 Å². The topological polar surface area (TPSA) is 52.7 Å². The highest BCUT2D eigenvalue weighted by Gasteiger charge is 2.23. The molecule has 2 fully saturated rings. The third-order valence-corrected chi connectivity index (χ3v) is 5.38. The Hall–Kier alpha value is -1.88. The molecule has 0 radical (unpaired) electrons. The van der Waals surface area contributed by atoms with Crippen LogP contribution in [0.2, 0.25) is 0 Å². The Labute approximate surface area is 150 Å². The quantitative estimate of drug-likeness (QED) is 0.911. The van der Waals surface area contributed by atoms with E-state index in [9.17, 15) is 9.59 Å². The van der Waals surface area contributed by atoms with Crippen LogP contribution in [0.5, 0.6) is 0 Å². The first kappa shape index (κ1) is 17.9. The van der Waals surface area contributed by atoms with Crippen LogP contribution in [0.3, 0.4) is 0 Å². The van der Waals surface area contributed by atoms with Crippen molar-refractivity contribution in [2.75, 3.05) is 39.3 Å². The van der Waals surface area contributed by atoms with E-state index in [-0.39, 0.29) is 11.8 Å². The van der Waals surface area contributed by atoms with Gasteiger partial charge < -0.3 is 15.1 Å². The fraction of sp³-hybridized carbons (Fsp3) is 0.600. The van der Waals surface area contributed by atoms with Crippen molar-refractivity contribution in [3.05, 3.63) is 35.9 Å². The lowest BCUT2D eigenvalue weighted by molar-refractivity contribution is -0.131. The number of amides is 2. The fourth-order valence-corrected chi connectivity index (χ4v) is 3.79. The molecule has 2 amide bonds. The Morgan fingerprint density at radius 1 is 0.960 bits per heavy atom. The molecule has 2 saturated heterocycles. The van der Waals surface area contributed by atoms with Crippen LogP contribution >= 0.6 is 0 Å². The van der Waals surface area contributed by atoms with Crippen molar-refractivity contribution >= 4 is 11.8 Å². The van der Waals surface area contributed by atoms with Crippen molar-refractivity contribution in [1.82, 2.24) is 15.1 Å². The second-order valence-electron chi connectivity index (χ2n) is 7.12. The summed E-state index contributed by atoms with van der Waals surface area (Å²) in [6.45, 7) is 4.95. The summed E-state index contributed by atoms with van der Waals surface area (Å²) in [7, 11) is 0. The molecule has 2 heterocycles. The maximum atomic E-state index is 12.6. The highest BCUT2D eigenvalue weighted by Crippen LogP contribution is 2.19. The van der Waals surface area contributed by atoms with E-state index < -0.39 is 0 Å². The SMILES string of the molecule is O=C(CCC1CCNCC1)N1CCCN(C(=O)c2ccccc2)CC1. The minimum absolute atomic E-state index is 0.0737. The van der Waals surface area contributed by atoms with Crippen LogP contribution in [-0.4, -0.2) is 60.9 Å². The van der Waals surface area contributed by atoms with Gasteiger partial charge in [0.2, 0.25) is 5.91 Å². The normalized spacial score (nSPS) is 19.5. The minimum atomic E-state index is 0.0737. The van der Waals surface area contributed by atoms with Crippen LogP contribution in [0.25, 0.3) is 0 Å². The number of piperidine rings is 1. The zero-order chi connectivity index (χ0) is 17.5. The number of carbonyl (C=O) groups excluding carboxylic acids is 2. The number of benzene rings is 1. The Morgan fingerprint density at radius 3 is 2.40 bits per heavy atom. The van der Waals surface area contributed by atoms with Gasteiger partial charge in [-0.25, -0.2) is 0 Å².